The number of carbonyl (C=O) groups is 1. The zero-order valence-electron chi connectivity index (χ0n) is 15.4. The molecule has 1 aliphatic carbocycles. The standard InChI is InChI=1S/C15H22N5O7P/c1-9(2)26-14(21)25-6-11(28(22,23)24)27-15(3-4-15)7-20-8-18-10-5-17-13(16)19-12(10)20/h5,8-9,11H,3-4,6-7H2,1-2H3,(H2,16,17,19)(H2,22,23,24). The third-order valence-electron chi connectivity index (χ3n) is 4.08. The number of fused-ring (bicyclic) bond motifs is 1. The fourth-order valence-corrected chi connectivity index (χ4v) is 3.23. The Bertz CT molecular complexity index is 907. The van der Waals surface area contributed by atoms with E-state index in [1.807, 2.05) is 0 Å². The highest BCUT2D eigenvalue weighted by atomic mass is 31.2. The van der Waals surface area contributed by atoms with Crippen LogP contribution >= 0.6 is 7.60 Å². The molecule has 0 aromatic carbocycles. The molecule has 2 aromatic heterocycles. The van der Waals surface area contributed by atoms with Crippen molar-refractivity contribution in [2.24, 2.45) is 0 Å². The van der Waals surface area contributed by atoms with E-state index >= 15 is 0 Å². The third kappa shape index (κ3) is 4.96. The molecule has 0 saturated heterocycles. The summed E-state index contributed by atoms with van der Waals surface area (Å²) in [5.74, 6) is -1.52. The van der Waals surface area contributed by atoms with Crippen molar-refractivity contribution < 1.29 is 33.4 Å². The van der Waals surface area contributed by atoms with Gasteiger partial charge in [-0.05, 0) is 26.7 Å². The first-order chi connectivity index (χ1) is 13.1. The summed E-state index contributed by atoms with van der Waals surface area (Å²) in [7, 11) is -4.69. The zero-order chi connectivity index (χ0) is 20.5. The van der Waals surface area contributed by atoms with E-state index in [4.69, 9.17) is 19.9 Å². The van der Waals surface area contributed by atoms with E-state index in [1.54, 1.807) is 18.4 Å². The molecule has 28 heavy (non-hydrogen) atoms. The predicted octanol–water partition coefficient (Wildman–Crippen LogP) is 1.02. The zero-order valence-corrected chi connectivity index (χ0v) is 16.3. The van der Waals surface area contributed by atoms with E-state index in [1.165, 1.54) is 12.5 Å². The number of hydrogen-bond acceptors (Lipinski definition) is 9. The molecule has 1 aliphatic rings. The summed E-state index contributed by atoms with van der Waals surface area (Å²) in [6.07, 6.45) is 2.72. The Morgan fingerprint density at radius 2 is 2.11 bits per heavy atom. The van der Waals surface area contributed by atoms with Crippen LogP contribution in [0.4, 0.5) is 10.7 Å². The quantitative estimate of drug-likeness (QED) is 0.415. The summed E-state index contributed by atoms with van der Waals surface area (Å²) < 4.78 is 28.8. The Morgan fingerprint density at radius 1 is 1.39 bits per heavy atom. The SMILES string of the molecule is CC(C)OC(=O)OCC(OC1(Cn2cnc3cnc(N)nc32)CC1)P(=O)(O)O. The number of rotatable bonds is 8. The summed E-state index contributed by atoms with van der Waals surface area (Å²) in [4.78, 5) is 42.9. The van der Waals surface area contributed by atoms with Gasteiger partial charge in [-0.1, -0.05) is 0 Å². The molecular weight excluding hydrogens is 393 g/mol. The molecule has 0 spiro atoms. The number of carbonyl (C=O) groups excluding carboxylic acids is 1. The Balaban J connectivity index is 1.70. The highest BCUT2D eigenvalue weighted by Crippen LogP contribution is 2.50. The smallest absolute Gasteiger partial charge is 0.432 e. The van der Waals surface area contributed by atoms with Crippen LogP contribution in [0.5, 0.6) is 0 Å². The van der Waals surface area contributed by atoms with Crippen molar-refractivity contribution in [2.75, 3.05) is 12.3 Å². The molecule has 154 valence electrons. The van der Waals surface area contributed by atoms with E-state index in [9.17, 15) is 19.1 Å². The van der Waals surface area contributed by atoms with Crippen molar-refractivity contribution >= 4 is 30.9 Å². The van der Waals surface area contributed by atoms with Crippen molar-refractivity contribution in [1.29, 1.82) is 0 Å². The number of anilines is 1. The van der Waals surface area contributed by atoms with Crippen molar-refractivity contribution in [3.8, 4) is 0 Å². The van der Waals surface area contributed by atoms with Crippen molar-refractivity contribution in [3.63, 3.8) is 0 Å². The minimum Gasteiger partial charge on any atom is -0.432 e. The van der Waals surface area contributed by atoms with Crippen LogP contribution in [0, 0.1) is 0 Å². The van der Waals surface area contributed by atoms with Crippen LogP contribution in [0.15, 0.2) is 12.5 Å². The number of ether oxygens (including phenoxy) is 3. The highest BCUT2D eigenvalue weighted by Gasteiger charge is 2.50. The molecule has 0 amide bonds. The van der Waals surface area contributed by atoms with Gasteiger partial charge in [0.1, 0.15) is 12.1 Å². The molecule has 4 N–H and O–H groups in total. The fourth-order valence-electron chi connectivity index (χ4n) is 2.60. The molecule has 13 heteroatoms. The molecule has 0 radical (unpaired) electrons. The lowest BCUT2D eigenvalue weighted by Crippen LogP contribution is -2.32. The lowest BCUT2D eigenvalue weighted by atomic mass is 10.3. The highest BCUT2D eigenvalue weighted by molar-refractivity contribution is 7.52. The minimum atomic E-state index is -4.69. The Morgan fingerprint density at radius 3 is 2.71 bits per heavy atom. The first kappa shape index (κ1) is 20.5. The summed E-state index contributed by atoms with van der Waals surface area (Å²) in [6.45, 7) is 2.89. The summed E-state index contributed by atoms with van der Waals surface area (Å²) >= 11 is 0. The Labute approximate surface area is 160 Å². The normalized spacial score (nSPS) is 16.9. The summed E-state index contributed by atoms with van der Waals surface area (Å²) in [5.41, 5.74) is 5.82. The van der Waals surface area contributed by atoms with Crippen LogP contribution < -0.4 is 5.73 Å². The van der Waals surface area contributed by atoms with Crippen LogP contribution in [0.25, 0.3) is 11.2 Å². The maximum Gasteiger partial charge on any atom is 0.508 e. The van der Waals surface area contributed by atoms with Gasteiger partial charge in [0, 0.05) is 0 Å². The fraction of sp³-hybridized carbons (Fsp3) is 0.600. The molecule has 1 fully saturated rings. The van der Waals surface area contributed by atoms with Crippen molar-refractivity contribution in [2.45, 2.75) is 50.8 Å². The molecule has 2 heterocycles. The topological polar surface area (TPSA) is 172 Å². The molecular formula is C15H22N5O7P. The summed E-state index contributed by atoms with van der Waals surface area (Å²) in [6, 6.07) is 0. The van der Waals surface area contributed by atoms with Gasteiger partial charge in [0.25, 0.3) is 0 Å². The Kier molecular flexibility index (Phi) is 5.57. The van der Waals surface area contributed by atoms with Gasteiger partial charge in [0.05, 0.1) is 30.8 Å². The van der Waals surface area contributed by atoms with Crippen LogP contribution in [0.3, 0.4) is 0 Å². The molecule has 2 aromatic rings. The second-order valence-corrected chi connectivity index (χ2v) is 8.64. The van der Waals surface area contributed by atoms with Gasteiger partial charge in [0.15, 0.2) is 11.5 Å². The number of imidazole rings is 1. The van der Waals surface area contributed by atoms with E-state index in [-0.39, 0.29) is 12.5 Å². The van der Waals surface area contributed by atoms with Crippen LogP contribution in [-0.2, 0) is 25.3 Å². The Hall–Kier alpha value is -2.27. The number of nitrogens with zero attached hydrogens (tertiary/aromatic N) is 4. The van der Waals surface area contributed by atoms with Crippen molar-refractivity contribution in [1.82, 2.24) is 19.5 Å². The average molecular weight is 415 g/mol. The molecule has 1 unspecified atom stereocenters. The monoisotopic (exact) mass is 415 g/mol. The predicted molar refractivity (Wildman–Crippen MR) is 96.2 cm³/mol. The number of nitrogens with two attached hydrogens (primary N) is 1. The first-order valence-corrected chi connectivity index (χ1v) is 10.3. The first-order valence-electron chi connectivity index (χ1n) is 8.58. The summed E-state index contributed by atoms with van der Waals surface area (Å²) in [5, 5.41) is 0. The van der Waals surface area contributed by atoms with Crippen LogP contribution in [0.2, 0.25) is 0 Å². The maximum absolute atomic E-state index is 11.8. The maximum atomic E-state index is 11.8. The molecule has 1 saturated carbocycles. The van der Waals surface area contributed by atoms with Gasteiger partial charge in [-0.2, -0.15) is 4.98 Å². The van der Waals surface area contributed by atoms with E-state index in [2.05, 4.69) is 15.0 Å². The second-order valence-electron chi connectivity index (χ2n) is 6.88. The average Bonchev–Trinajstić information content (AvgIpc) is 3.23. The van der Waals surface area contributed by atoms with E-state index in [0.29, 0.717) is 24.0 Å². The van der Waals surface area contributed by atoms with Gasteiger partial charge in [0.2, 0.25) is 5.95 Å². The molecule has 3 rings (SSSR count). The molecule has 12 nitrogen and oxygen atoms in total. The van der Waals surface area contributed by atoms with Crippen molar-refractivity contribution in [3.05, 3.63) is 12.5 Å². The molecule has 1 atom stereocenters. The number of aromatic nitrogens is 4. The minimum absolute atomic E-state index is 0.0881. The second kappa shape index (κ2) is 7.63. The number of hydrogen-bond donors (Lipinski definition) is 3. The molecule has 0 bridgehead atoms. The van der Waals surface area contributed by atoms with Gasteiger partial charge in [-0.15, -0.1) is 0 Å². The van der Waals surface area contributed by atoms with Gasteiger partial charge >= 0.3 is 13.8 Å². The third-order valence-corrected chi connectivity index (χ3v) is 5.08. The molecule has 0 aliphatic heterocycles. The van der Waals surface area contributed by atoms with E-state index < -0.39 is 37.9 Å². The lowest BCUT2D eigenvalue weighted by molar-refractivity contribution is -0.0486. The van der Waals surface area contributed by atoms with Crippen LogP contribution in [-0.4, -0.2) is 59.6 Å². The largest absolute Gasteiger partial charge is 0.508 e. The van der Waals surface area contributed by atoms with Gasteiger partial charge < -0.3 is 34.3 Å². The number of nitrogen functional groups attached to an aromatic ring is 1. The van der Waals surface area contributed by atoms with E-state index in [0.717, 1.165) is 0 Å². The lowest BCUT2D eigenvalue weighted by Gasteiger charge is -2.25. The van der Waals surface area contributed by atoms with Gasteiger partial charge in [-0.3, -0.25) is 4.57 Å². The van der Waals surface area contributed by atoms with Crippen LogP contribution in [0.1, 0.15) is 26.7 Å². The van der Waals surface area contributed by atoms with Gasteiger partial charge in [-0.25, -0.2) is 14.8 Å².